The number of rotatable bonds is 4. The quantitative estimate of drug-likeness (QED) is 0.649. The molecule has 1 amide bonds. The fourth-order valence-corrected chi connectivity index (χ4v) is 3.25. The van der Waals surface area contributed by atoms with Crippen molar-refractivity contribution in [2.24, 2.45) is 5.92 Å². The molecule has 1 fully saturated rings. The maximum Gasteiger partial charge on any atom is 0.453 e. The Morgan fingerprint density at radius 2 is 1.76 bits per heavy atom. The van der Waals surface area contributed by atoms with E-state index in [1.807, 2.05) is 35.2 Å². The first kappa shape index (κ1) is 19.0. The van der Waals surface area contributed by atoms with E-state index in [2.05, 4.69) is 26.1 Å². The molecule has 1 aromatic carbocycles. The lowest BCUT2D eigenvalue weighted by Gasteiger charge is -2.32. The predicted octanol–water partition coefficient (Wildman–Crippen LogP) is 2.50. The number of nitrogens with one attached hydrogen (secondary N) is 2. The molecular formula is C18H18F3N7O. The number of hydrogen-bond acceptors (Lipinski definition) is 6. The van der Waals surface area contributed by atoms with E-state index in [9.17, 15) is 18.0 Å². The molecule has 0 bridgehead atoms. The van der Waals surface area contributed by atoms with Gasteiger partial charge in [0.1, 0.15) is 5.82 Å². The van der Waals surface area contributed by atoms with Gasteiger partial charge < -0.3 is 4.90 Å². The first-order valence-electron chi connectivity index (χ1n) is 9.07. The lowest BCUT2D eigenvalue weighted by molar-refractivity contribution is -0.146. The normalized spacial score (nSPS) is 15.5. The van der Waals surface area contributed by atoms with Gasteiger partial charge in [-0.15, -0.1) is 15.3 Å². The van der Waals surface area contributed by atoms with Crippen molar-refractivity contribution in [1.82, 2.24) is 25.2 Å². The minimum atomic E-state index is -4.64. The molecule has 1 aliphatic heterocycles. The Morgan fingerprint density at radius 1 is 1.03 bits per heavy atom. The summed E-state index contributed by atoms with van der Waals surface area (Å²) in [4.78, 5) is 14.2. The van der Waals surface area contributed by atoms with E-state index in [1.54, 1.807) is 6.07 Å². The van der Waals surface area contributed by atoms with Crippen LogP contribution < -0.4 is 15.8 Å². The van der Waals surface area contributed by atoms with E-state index in [-0.39, 0.29) is 17.5 Å². The first-order chi connectivity index (χ1) is 13.9. The number of anilines is 2. The summed E-state index contributed by atoms with van der Waals surface area (Å²) in [6.45, 7) is 1.01. The third kappa shape index (κ3) is 4.08. The molecule has 1 saturated heterocycles. The summed E-state index contributed by atoms with van der Waals surface area (Å²) in [6, 6.07) is 12.3. The maximum absolute atomic E-state index is 13.0. The molecular weight excluding hydrogens is 387 g/mol. The van der Waals surface area contributed by atoms with Gasteiger partial charge in [0.05, 0.1) is 5.69 Å². The molecule has 0 atom stereocenters. The molecule has 0 saturated carbocycles. The van der Waals surface area contributed by atoms with Crippen LogP contribution in [-0.2, 0) is 11.0 Å². The van der Waals surface area contributed by atoms with E-state index < -0.39 is 12.0 Å². The van der Waals surface area contributed by atoms with Crippen LogP contribution in [0.4, 0.5) is 24.7 Å². The molecule has 0 unspecified atom stereocenters. The number of aromatic nitrogens is 4. The number of alkyl halides is 3. The smallest absolute Gasteiger partial charge is 0.355 e. The fraction of sp³-hybridized carbons (Fsp3) is 0.333. The number of nitrogens with zero attached hydrogens (tertiary/aromatic N) is 5. The summed E-state index contributed by atoms with van der Waals surface area (Å²) in [5.41, 5.74) is 6.38. The summed E-state index contributed by atoms with van der Waals surface area (Å²) < 4.78 is 39.8. The average molecular weight is 405 g/mol. The third-order valence-electron chi connectivity index (χ3n) is 4.80. The van der Waals surface area contributed by atoms with Gasteiger partial charge in [-0.25, -0.2) is 0 Å². The number of carbonyl (C=O) groups excluding carboxylic acids is 1. The standard InChI is InChI=1S/C18H18F3N7O/c19-18(20,21)17-25-23-14-6-7-15(26-28(14)17)27-10-8-12(9-11-27)16(29)24-22-13-4-2-1-3-5-13/h1-7,12,22H,8-11H2,(H,24,29). The Hall–Kier alpha value is -3.37. The molecule has 11 heteroatoms. The minimum absolute atomic E-state index is 0.0299. The zero-order valence-electron chi connectivity index (χ0n) is 15.2. The maximum atomic E-state index is 13.0. The van der Waals surface area contributed by atoms with Crippen LogP contribution in [0.5, 0.6) is 0 Å². The molecule has 29 heavy (non-hydrogen) atoms. The van der Waals surface area contributed by atoms with E-state index in [0.29, 0.717) is 36.3 Å². The molecule has 8 nitrogen and oxygen atoms in total. The molecule has 4 rings (SSSR count). The number of piperidine rings is 1. The second-order valence-corrected chi connectivity index (χ2v) is 6.72. The SMILES string of the molecule is O=C(NNc1ccccc1)C1CCN(c2ccc3nnc(C(F)(F)F)n3n2)CC1. The van der Waals surface area contributed by atoms with E-state index in [4.69, 9.17) is 0 Å². The van der Waals surface area contributed by atoms with Gasteiger partial charge >= 0.3 is 6.18 Å². The predicted molar refractivity (Wildman–Crippen MR) is 98.9 cm³/mol. The van der Waals surface area contributed by atoms with Crippen LogP contribution >= 0.6 is 0 Å². The Morgan fingerprint density at radius 3 is 2.45 bits per heavy atom. The van der Waals surface area contributed by atoms with Crippen molar-refractivity contribution in [2.45, 2.75) is 19.0 Å². The average Bonchev–Trinajstić information content (AvgIpc) is 3.17. The molecule has 3 aromatic rings. The van der Waals surface area contributed by atoms with Crippen LogP contribution in [0.15, 0.2) is 42.5 Å². The van der Waals surface area contributed by atoms with Crippen LogP contribution in [0.1, 0.15) is 18.7 Å². The van der Waals surface area contributed by atoms with Crippen molar-refractivity contribution in [3.05, 3.63) is 48.3 Å². The molecule has 2 aromatic heterocycles. The van der Waals surface area contributed by atoms with Gasteiger partial charge in [0.2, 0.25) is 5.91 Å². The van der Waals surface area contributed by atoms with Crippen molar-refractivity contribution in [1.29, 1.82) is 0 Å². The van der Waals surface area contributed by atoms with Crippen molar-refractivity contribution in [3.8, 4) is 0 Å². The van der Waals surface area contributed by atoms with Crippen molar-refractivity contribution in [3.63, 3.8) is 0 Å². The lowest BCUT2D eigenvalue weighted by atomic mass is 9.96. The number of amides is 1. The van der Waals surface area contributed by atoms with Crippen LogP contribution in [0, 0.1) is 5.92 Å². The largest absolute Gasteiger partial charge is 0.453 e. The molecule has 0 radical (unpaired) electrons. The molecule has 3 heterocycles. The lowest BCUT2D eigenvalue weighted by Crippen LogP contribution is -2.42. The number of hydrazine groups is 1. The highest BCUT2D eigenvalue weighted by Crippen LogP contribution is 2.28. The molecule has 1 aliphatic rings. The number of halogens is 3. The van der Waals surface area contributed by atoms with Crippen LogP contribution in [0.25, 0.3) is 5.65 Å². The Bertz CT molecular complexity index is 998. The Labute approximate surface area is 163 Å². The van der Waals surface area contributed by atoms with Gasteiger partial charge in [-0.2, -0.15) is 17.7 Å². The molecule has 0 spiro atoms. The third-order valence-corrected chi connectivity index (χ3v) is 4.80. The van der Waals surface area contributed by atoms with Crippen LogP contribution in [0.3, 0.4) is 0 Å². The van der Waals surface area contributed by atoms with Gasteiger partial charge in [0.25, 0.3) is 5.82 Å². The highest BCUT2D eigenvalue weighted by molar-refractivity contribution is 5.80. The van der Waals surface area contributed by atoms with E-state index in [0.717, 1.165) is 5.69 Å². The summed E-state index contributed by atoms with van der Waals surface area (Å²) >= 11 is 0. The van der Waals surface area contributed by atoms with Crippen molar-refractivity contribution >= 4 is 23.1 Å². The number of fused-ring (bicyclic) bond motifs is 1. The first-order valence-corrected chi connectivity index (χ1v) is 9.07. The molecule has 2 N–H and O–H groups in total. The number of benzene rings is 1. The van der Waals surface area contributed by atoms with E-state index in [1.165, 1.54) is 6.07 Å². The monoisotopic (exact) mass is 405 g/mol. The van der Waals surface area contributed by atoms with Gasteiger partial charge in [0.15, 0.2) is 5.65 Å². The molecule has 0 aliphatic carbocycles. The second kappa shape index (κ2) is 7.57. The zero-order valence-corrected chi connectivity index (χ0v) is 15.2. The summed E-state index contributed by atoms with van der Waals surface area (Å²) in [5.74, 6) is -1.07. The fourth-order valence-electron chi connectivity index (χ4n) is 3.25. The Balaban J connectivity index is 1.38. The summed E-state index contributed by atoms with van der Waals surface area (Å²) in [7, 11) is 0. The highest BCUT2D eigenvalue weighted by Gasteiger charge is 2.38. The highest BCUT2D eigenvalue weighted by atomic mass is 19.4. The summed E-state index contributed by atoms with van der Waals surface area (Å²) in [5, 5.41) is 10.7. The van der Waals surface area contributed by atoms with Crippen LogP contribution in [0.2, 0.25) is 0 Å². The minimum Gasteiger partial charge on any atom is -0.355 e. The van der Waals surface area contributed by atoms with Crippen LogP contribution in [-0.4, -0.2) is 38.8 Å². The van der Waals surface area contributed by atoms with E-state index >= 15 is 0 Å². The van der Waals surface area contributed by atoms with Gasteiger partial charge in [-0.3, -0.25) is 15.6 Å². The topological polar surface area (TPSA) is 87.5 Å². The number of hydrogen-bond donors (Lipinski definition) is 2. The molecule has 152 valence electrons. The van der Waals surface area contributed by atoms with Crippen molar-refractivity contribution in [2.75, 3.05) is 23.4 Å². The van der Waals surface area contributed by atoms with Gasteiger partial charge in [-0.05, 0) is 37.1 Å². The van der Waals surface area contributed by atoms with Crippen molar-refractivity contribution < 1.29 is 18.0 Å². The number of para-hydroxylation sites is 1. The van der Waals surface area contributed by atoms with Gasteiger partial charge in [-0.1, -0.05) is 18.2 Å². The zero-order chi connectivity index (χ0) is 20.4. The Kier molecular flexibility index (Phi) is 4.95. The summed E-state index contributed by atoms with van der Waals surface area (Å²) in [6.07, 6.45) is -3.51. The van der Waals surface area contributed by atoms with Gasteiger partial charge in [0, 0.05) is 19.0 Å². The number of carbonyl (C=O) groups is 1. The second-order valence-electron chi connectivity index (χ2n) is 6.72.